The first kappa shape index (κ1) is 13.0. The van der Waals surface area contributed by atoms with Crippen molar-refractivity contribution in [2.45, 2.75) is 25.8 Å². The zero-order valence-electron chi connectivity index (χ0n) is 10.2. The van der Waals surface area contributed by atoms with Crippen LogP contribution in [0.2, 0.25) is 0 Å². The van der Waals surface area contributed by atoms with Gasteiger partial charge in [-0.15, -0.1) is 11.8 Å². The number of nitrogens with zero attached hydrogens (tertiary/aromatic N) is 1. The van der Waals surface area contributed by atoms with Crippen molar-refractivity contribution < 1.29 is 4.79 Å². The van der Waals surface area contributed by atoms with E-state index in [1.807, 2.05) is 36.9 Å². The standard InChI is InChI=1S/C13H16BrNOS/c1-13(2)11(16)15(12(13)17-3)8-9-6-4-5-7-10(9)14/h4-7,12H,8H2,1-3H3. The molecule has 1 unspecified atom stereocenters. The fourth-order valence-corrected chi connectivity index (χ4v) is 3.82. The first-order valence-electron chi connectivity index (χ1n) is 5.55. The third kappa shape index (κ3) is 2.13. The molecule has 2 rings (SSSR count). The van der Waals surface area contributed by atoms with Gasteiger partial charge in [0, 0.05) is 11.0 Å². The average Bonchev–Trinajstić information content (AvgIpc) is 2.30. The topological polar surface area (TPSA) is 20.3 Å². The van der Waals surface area contributed by atoms with Gasteiger partial charge in [-0.1, -0.05) is 34.1 Å². The van der Waals surface area contributed by atoms with Crippen molar-refractivity contribution >= 4 is 33.6 Å². The summed E-state index contributed by atoms with van der Waals surface area (Å²) in [6.45, 7) is 4.73. The quantitative estimate of drug-likeness (QED) is 0.796. The monoisotopic (exact) mass is 313 g/mol. The number of hydrogen-bond acceptors (Lipinski definition) is 2. The van der Waals surface area contributed by atoms with E-state index in [0.717, 1.165) is 10.0 Å². The fourth-order valence-electron chi connectivity index (χ4n) is 2.29. The number of likely N-dealkylation sites (tertiary alicyclic amines) is 1. The molecule has 17 heavy (non-hydrogen) atoms. The molecule has 1 heterocycles. The third-order valence-corrected chi connectivity index (χ3v) is 5.30. The van der Waals surface area contributed by atoms with Crippen LogP contribution in [0.5, 0.6) is 0 Å². The third-order valence-electron chi connectivity index (χ3n) is 3.23. The van der Waals surface area contributed by atoms with Crippen LogP contribution in [0.1, 0.15) is 19.4 Å². The normalized spacial score (nSPS) is 22.5. The van der Waals surface area contributed by atoms with Crippen molar-refractivity contribution in [3.8, 4) is 0 Å². The van der Waals surface area contributed by atoms with Crippen LogP contribution in [0.4, 0.5) is 0 Å². The van der Waals surface area contributed by atoms with E-state index in [9.17, 15) is 4.79 Å². The Kier molecular flexibility index (Phi) is 3.55. The highest BCUT2D eigenvalue weighted by Crippen LogP contribution is 2.44. The van der Waals surface area contributed by atoms with E-state index in [2.05, 4.69) is 28.3 Å². The number of carbonyl (C=O) groups excluding carboxylic acids is 1. The Hall–Kier alpha value is -0.480. The summed E-state index contributed by atoms with van der Waals surface area (Å²) in [4.78, 5) is 14.0. The van der Waals surface area contributed by atoms with Crippen LogP contribution in [0.3, 0.4) is 0 Å². The maximum Gasteiger partial charge on any atom is 0.232 e. The summed E-state index contributed by atoms with van der Waals surface area (Å²) in [5, 5.41) is 0.280. The van der Waals surface area contributed by atoms with E-state index in [1.165, 1.54) is 0 Å². The highest BCUT2D eigenvalue weighted by atomic mass is 79.9. The minimum atomic E-state index is -0.222. The first-order chi connectivity index (χ1) is 7.98. The highest BCUT2D eigenvalue weighted by molar-refractivity contribution is 9.10. The summed E-state index contributed by atoms with van der Waals surface area (Å²) in [6.07, 6.45) is 2.06. The first-order valence-corrected chi connectivity index (χ1v) is 7.64. The molecule has 0 radical (unpaired) electrons. The molecular weight excluding hydrogens is 298 g/mol. The Morgan fingerprint density at radius 1 is 1.41 bits per heavy atom. The lowest BCUT2D eigenvalue weighted by atomic mass is 9.82. The largest absolute Gasteiger partial charge is 0.325 e. The lowest BCUT2D eigenvalue weighted by molar-refractivity contribution is -0.160. The van der Waals surface area contributed by atoms with Crippen LogP contribution in [0.25, 0.3) is 0 Å². The van der Waals surface area contributed by atoms with Crippen molar-refractivity contribution in [2.75, 3.05) is 6.26 Å². The summed E-state index contributed by atoms with van der Waals surface area (Å²) in [5.74, 6) is 0.243. The number of rotatable bonds is 3. The van der Waals surface area contributed by atoms with E-state index in [1.54, 1.807) is 11.8 Å². The van der Waals surface area contributed by atoms with Gasteiger partial charge in [-0.3, -0.25) is 4.79 Å². The zero-order valence-corrected chi connectivity index (χ0v) is 12.6. The Balaban J connectivity index is 2.16. The summed E-state index contributed by atoms with van der Waals surface area (Å²) >= 11 is 5.27. The van der Waals surface area contributed by atoms with E-state index in [4.69, 9.17) is 0 Å². The molecule has 0 N–H and O–H groups in total. The van der Waals surface area contributed by atoms with Gasteiger partial charge in [-0.25, -0.2) is 0 Å². The predicted octanol–water partition coefficient (Wildman–Crippen LogP) is 3.51. The SMILES string of the molecule is CSC1N(Cc2ccccc2Br)C(=O)C1(C)C. The van der Waals surface area contributed by atoms with Gasteiger partial charge < -0.3 is 4.90 Å². The number of carbonyl (C=O) groups is 1. The van der Waals surface area contributed by atoms with Crippen molar-refractivity contribution in [1.29, 1.82) is 0 Å². The van der Waals surface area contributed by atoms with E-state index >= 15 is 0 Å². The molecule has 0 aromatic heterocycles. The van der Waals surface area contributed by atoms with E-state index in [-0.39, 0.29) is 16.7 Å². The molecule has 2 nitrogen and oxygen atoms in total. The molecule has 4 heteroatoms. The second-order valence-corrected chi connectivity index (χ2v) is 6.61. The number of benzene rings is 1. The van der Waals surface area contributed by atoms with Crippen molar-refractivity contribution in [2.24, 2.45) is 5.41 Å². The molecular formula is C13H16BrNOS. The van der Waals surface area contributed by atoms with Gasteiger partial charge in [-0.2, -0.15) is 0 Å². The predicted molar refractivity (Wildman–Crippen MR) is 75.8 cm³/mol. The van der Waals surface area contributed by atoms with Gasteiger partial charge in [0.05, 0.1) is 10.8 Å². The minimum Gasteiger partial charge on any atom is -0.325 e. The Bertz CT molecular complexity index is 447. The molecule has 1 saturated heterocycles. The Morgan fingerprint density at radius 3 is 2.65 bits per heavy atom. The molecule has 1 aliphatic heterocycles. The van der Waals surface area contributed by atoms with Crippen LogP contribution in [0, 0.1) is 5.41 Å². The van der Waals surface area contributed by atoms with Gasteiger partial charge >= 0.3 is 0 Å². The molecule has 1 atom stereocenters. The fraction of sp³-hybridized carbons (Fsp3) is 0.462. The second kappa shape index (κ2) is 4.65. The molecule has 1 aromatic carbocycles. The molecule has 1 aromatic rings. The van der Waals surface area contributed by atoms with Crippen molar-refractivity contribution in [3.05, 3.63) is 34.3 Å². The molecule has 92 valence electrons. The molecule has 0 saturated carbocycles. The summed E-state index contributed by atoms with van der Waals surface area (Å²) < 4.78 is 1.07. The number of hydrogen-bond donors (Lipinski definition) is 0. The van der Waals surface area contributed by atoms with Crippen LogP contribution in [-0.2, 0) is 11.3 Å². The minimum absolute atomic E-state index is 0.222. The lowest BCUT2D eigenvalue weighted by Crippen LogP contribution is -2.64. The Labute approximate surface area is 115 Å². The Morgan fingerprint density at radius 2 is 2.06 bits per heavy atom. The molecule has 1 amide bonds. The lowest BCUT2D eigenvalue weighted by Gasteiger charge is -2.52. The number of halogens is 1. The number of β-lactam (4-membered cyclic amide) rings is 1. The van der Waals surface area contributed by atoms with Gasteiger partial charge in [0.25, 0.3) is 0 Å². The van der Waals surface area contributed by atoms with Gasteiger partial charge in [0.1, 0.15) is 0 Å². The molecule has 1 fully saturated rings. The summed E-state index contributed by atoms with van der Waals surface area (Å²) in [7, 11) is 0. The number of thioether (sulfide) groups is 1. The maximum absolute atomic E-state index is 12.1. The molecule has 1 aliphatic rings. The summed E-state index contributed by atoms with van der Waals surface area (Å²) in [6, 6.07) is 8.06. The van der Waals surface area contributed by atoms with E-state index < -0.39 is 0 Å². The summed E-state index contributed by atoms with van der Waals surface area (Å²) in [5.41, 5.74) is 0.941. The van der Waals surface area contributed by atoms with Crippen LogP contribution in [0.15, 0.2) is 28.7 Å². The van der Waals surface area contributed by atoms with Gasteiger partial charge in [0.2, 0.25) is 5.91 Å². The molecule has 0 aliphatic carbocycles. The van der Waals surface area contributed by atoms with Crippen LogP contribution >= 0.6 is 27.7 Å². The molecule has 0 spiro atoms. The zero-order chi connectivity index (χ0) is 12.6. The number of amides is 1. The van der Waals surface area contributed by atoms with Crippen molar-refractivity contribution in [3.63, 3.8) is 0 Å². The second-order valence-electron chi connectivity index (χ2n) is 4.83. The average molecular weight is 314 g/mol. The molecule has 0 bridgehead atoms. The maximum atomic E-state index is 12.1. The van der Waals surface area contributed by atoms with Crippen LogP contribution < -0.4 is 0 Å². The smallest absolute Gasteiger partial charge is 0.232 e. The van der Waals surface area contributed by atoms with Gasteiger partial charge in [-0.05, 0) is 31.7 Å². The van der Waals surface area contributed by atoms with E-state index in [0.29, 0.717) is 6.54 Å². The van der Waals surface area contributed by atoms with Crippen molar-refractivity contribution in [1.82, 2.24) is 4.90 Å². The van der Waals surface area contributed by atoms with Crippen LogP contribution in [-0.4, -0.2) is 22.4 Å². The van der Waals surface area contributed by atoms with Gasteiger partial charge in [0.15, 0.2) is 0 Å². The highest BCUT2D eigenvalue weighted by Gasteiger charge is 2.53.